The Balaban J connectivity index is 0.000000618. The van der Waals surface area contributed by atoms with Crippen LogP contribution in [0, 0.1) is 12.3 Å². The predicted molar refractivity (Wildman–Crippen MR) is 163 cm³/mol. The number of aryl methyl sites for hydroxylation is 1. The van der Waals surface area contributed by atoms with Crippen LogP contribution in [0.1, 0.15) is 31.9 Å². The molecule has 9 heteroatoms. The van der Waals surface area contributed by atoms with Crippen LogP contribution in [0.25, 0.3) is 11.3 Å². The average molecular weight is 554 g/mol. The van der Waals surface area contributed by atoms with Crippen LogP contribution in [0.5, 0.6) is 0 Å². The number of aliphatic hydroxyl groups excluding tert-OH is 1. The molecular formula is C31H47N5O4. The number of hydrogen-bond donors (Lipinski definition) is 5. The Kier molecular flexibility index (Phi) is 19.3. The van der Waals surface area contributed by atoms with E-state index in [2.05, 4.69) is 69.4 Å². The number of alkyl carbamates (subject to hydrolysis) is 1. The molecule has 0 saturated carbocycles. The number of aromatic nitrogens is 1. The molecule has 2 unspecified atom stereocenters. The average Bonchev–Trinajstić information content (AvgIpc) is 2.98. The van der Waals surface area contributed by atoms with Crippen molar-refractivity contribution >= 4 is 12.4 Å². The van der Waals surface area contributed by atoms with Crippen molar-refractivity contribution in [1.29, 1.82) is 0 Å². The van der Waals surface area contributed by atoms with E-state index >= 15 is 0 Å². The Bertz CT molecular complexity index is 1040. The van der Waals surface area contributed by atoms with Crippen molar-refractivity contribution < 1.29 is 19.4 Å². The van der Waals surface area contributed by atoms with Crippen molar-refractivity contribution in [3.05, 3.63) is 90.1 Å². The molecule has 0 aliphatic rings. The van der Waals surface area contributed by atoms with Crippen LogP contribution in [0.4, 0.5) is 4.79 Å². The Morgan fingerprint density at radius 3 is 2.05 bits per heavy atom. The van der Waals surface area contributed by atoms with Crippen LogP contribution in [-0.4, -0.2) is 61.9 Å². The van der Waals surface area contributed by atoms with Crippen LogP contribution in [-0.2, 0) is 16.1 Å². The number of ether oxygens (including phenoxy) is 1. The van der Waals surface area contributed by atoms with Gasteiger partial charge in [-0.25, -0.2) is 4.79 Å². The van der Waals surface area contributed by atoms with Gasteiger partial charge in [0.15, 0.2) is 0 Å². The number of amides is 1. The number of aliphatic hydroxyl groups is 1. The second kappa shape index (κ2) is 21.2. The third-order valence-electron chi connectivity index (χ3n) is 5.36. The summed E-state index contributed by atoms with van der Waals surface area (Å²) in [5.74, 6) is 0. The summed E-state index contributed by atoms with van der Waals surface area (Å²) in [6, 6.07) is 23.9. The van der Waals surface area contributed by atoms with E-state index in [0.29, 0.717) is 12.8 Å². The van der Waals surface area contributed by atoms with Gasteiger partial charge in [0.1, 0.15) is 6.29 Å². The van der Waals surface area contributed by atoms with E-state index in [1.165, 1.54) is 25.3 Å². The van der Waals surface area contributed by atoms with Crippen LogP contribution >= 0.6 is 0 Å². The molecule has 2 aromatic carbocycles. The fourth-order valence-corrected chi connectivity index (χ4v) is 2.97. The minimum Gasteiger partial charge on any atom is -0.453 e. The highest BCUT2D eigenvalue weighted by molar-refractivity contribution is 5.73. The van der Waals surface area contributed by atoms with Crippen molar-refractivity contribution in [3.8, 4) is 11.3 Å². The minimum atomic E-state index is -0.581. The van der Waals surface area contributed by atoms with Crippen molar-refractivity contribution in [2.24, 2.45) is 16.9 Å². The lowest BCUT2D eigenvalue weighted by Gasteiger charge is -2.25. The maximum Gasteiger partial charge on any atom is 0.407 e. The molecule has 1 amide bonds. The molecule has 0 saturated heterocycles. The molecular weight excluding hydrogens is 506 g/mol. The fraction of sp³-hybridized carbons (Fsp3) is 0.387. The maximum absolute atomic E-state index is 10.7. The summed E-state index contributed by atoms with van der Waals surface area (Å²) in [6.07, 6.45) is 1.44. The topological polar surface area (TPSA) is 153 Å². The van der Waals surface area contributed by atoms with E-state index in [1.807, 2.05) is 57.2 Å². The van der Waals surface area contributed by atoms with Gasteiger partial charge in [0, 0.05) is 31.4 Å². The van der Waals surface area contributed by atoms with Gasteiger partial charge < -0.3 is 36.7 Å². The van der Waals surface area contributed by atoms with Gasteiger partial charge in [-0.1, -0.05) is 87.0 Å². The van der Waals surface area contributed by atoms with Gasteiger partial charge >= 0.3 is 6.09 Å². The molecule has 1 aromatic heterocycles. The lowest BCUT2D eigenvalue weighted by Crippen LogP contribution is -2.44. The van der Waals surface area contributed by atoms with Crippen LogP contribution in [0.2, 0.25) is 0 Å². The van der Waals surface area contributed by atoms with Gasteiger partial charge in [0.2, 0.25) is 0 Å². The lowest BCUT2D eigenvalue weighted by atomic mass is 9.88. The molecule has 9 nitrogen and oxygen atoms in total. The molecule has 1 heterocycles. The molecule has 220 valence electrons. The monoisotopic (exact) mass is 553 g/mol. The summed E-state index contributed by atoms with van der Waals surface area (Å²) in [5.41, 5.74) is 14.1. The van der Waals surface area contributed by atoms with Gasteiger partial charge in [0.25, 0.3) is 0 Å². The zero-order chi connectivity index (χ0) is 30.4. The number of nitrogens with one attached hydrogen (secondary N) is 2. The molecule has 0 aliphatic carbocycles. The molecule has 0 spiro atoms. The number of methoxy groups -OCH3 is 1. The number of carbonyl (C=O) groups excluding carboxylic acids is 2. The van der Waals surface area contributed by atoms with E-state index in [0.717, 1.165) is 17.8 Å². The van der Waals surface area contributed by atoms with E-state index in [1.54, 1.807) is 6.20 Å². The number of benzene rings is 2. The first-order valence-electron chi connectivity index (χ1n) is 13.1. The Hall–Kier alpha value is -3.63. The Labute approximate surface area is 239 Å². The number of nitrogens with two attached hydrogens (primary N) is 2. The third kappa shape index (κ3) is 16.4. The second-order valence-electron chi connectivity index (χ2n) is 9.70. The first kappa shape index (κ1) is 36.4. The lowest BCUT2D eigenvalue weighted by molar-refractivity contribution is -0.111. The van der Waals surface area contributed by atoms with E-state index in [9.17, 15) is 14.7 Å². The zero-order valence-electron chi connectivity index (χ0n) is 24.6. The number of hydrogen-bond acceptors (Lipinski definition) is 8. The predicted octanol–water partition coefficient (Wildman–Crippen LogP) is 3.68. The molecule has 0 aliphatic heterocycles. The van der Waals surface area contributed by atoms with E-state index in [-0.39, 0.29) is 12.0 Å². The molecule has 3 rings (SSSR count). The highest BCUT2D eigenvalue weighted by Crippen LogP contribution is 2.18. The number of pyridine rings is 1. The summed E-state index contributed by atoms with van der Waals surface area (Å²) < 4.78 is 4.37. The SMILES string of the molecule is CN.COC(=O)NC(C=O)C(C)(C)C.Cc1ccccc1.NCC(O)CNCc1ccc(-c2ccccn2)cc1. The van der Waals surface area contributed by atoms with Crippen LogP contribution in [0.3, 0.4) is 0 Å². The number of carbonyl (C=O) groups is 2. The first-order chi connectivity index (χ1) is 19.1. The van der Waals surface area contributed by atoms with Gasteiger partial charge in [-0.3, -0.25) is 4.98 Å². The Morgan fingerprint density at radius 1 is 1.02 bits per heavy atom. The summed E-state index contributed by atoms with van der Waals surface area (Å²) in [7, 11) is 2.76. The first-order valence-corrected chi connectivity index (χ1v) is 13.1. The summed E-state index contributed by atoms with van der Waals surface area (Å²) in [5, 5.41) is 14.9. The van der Waals surface area contributed by atoms with E-state index < -0.39 is 18.2 Å². The third-order valence-corrected chi connectivity index (χ3v) is 5.36. The highest BCUT2D eigenvalue weighted by atomic mass is 16.5. The molecule has 7 N–H and O–H groups in total. The van der Waals surface area contributed by atoms with Gasteiger partial charge in [-0.05, 0) is 37.1 Å². The molecule has 0 bridgehead atoms. The van der Waals surface area contributed by atoms with Crippen molar-refractivity contribution in [2.45, 2.75) is 46.4 Å². The quantitative estimate of drug-likeness (QED) is 0.265. The molecule has 2 atom stereocenters. The number of nitrogens with zero attached hydrogens (tertiary/aromatic N) is 1. The van der Waals surface area contributed by atoms with Gasteiger partial charge in [0.05, 0.1) is 24.9 Å². The summed E-state index contributed by atoms with van der Waals surface area (Å²) >= 11 is 0. The van der Waals surface area contributed by atoms with Crippen molar-refractivity contribution in [1.82, 2.24) is 15.6 Å². The van der Waals surface area contributed by atoms with Crippen LogP contribution in [0.15, 0.2) is 79.0 Å². The van der Waals surface area contributed by atoms with E-state index in [4.69, 9.17) is 5.73 Å². The number of aldehydes is 1. The van der Waals surface area contributed by atoms with Crippen molar-refractivity contribution in [3.63, 3.8) is 0 Å². The molecule has 40 heavy (non-hydrogen) atoms. The molecule has 0 radical (unpaired) electrons. The van der Waals surface area contributed by atoms with Crippen molar-refractivity contribution in [2.75, 3.05) is 27.2 Å². The van der Waals surface area contributed by atoms with Gasteiger partial charge in [-0.15, -0.1) is 0 Å². The summed E-state index contributed by atoms with van der Waals surface area (Å²) in [4.78, 5) is 25.6. The maximum atomic E-state index is 10.7. The number of rotatable bonds is 8. The standard InChI is InChI=1S/C15H19N3O.C8H15NO3.C7H8.CH5N/c16-9-14(19)11-17-10-12-4-6-13(7-5-12)15-3-1-2-8-18-15;1-8(2,3)6(5-10)9-7(11)12-4;1-7-5-3-2-4-6-7;1-2/h1-8,14,17,19H,9-11,16H2;5-6H,1-4H3,(H,9,11);2-6H,1H3;2H2,1H3. The minimum absolute atomic E-state index is 0.282. The zero-order valence-corrected chi connectivity index (χ0v) is 24.6. The highest BCUT2D eigenvalue weighted by Gasteiger charge is 2.25. The normalized spacial score (nSPS) is 11.5. The Morgan fingerprint density at radius 2 is 1.62 bits per heavy atom. The van der Waals surface area contributed by atoms with Gasteiger partial charge in [-0.2, -0.15) is 0 Å². The van der Waals surface area contributed by atoms with Crippen LogP contribution < -0.4 is 22.1 Å². The smallest absolute Gasteiger partial charge is 0.407 e. The largest absolute Gasteiger partial charge is 0.453 e. The molecule has 3 aromatic rings. The summed E-state index contributed by atoms with van der Waals surface area (Å²) in [6.45, 7) is 9.19. The molecule has 0 fully saturated rings. The fourth-order valence-electron chi connectivity index (χ4n) is 2.97. The second-order valence-corrected chi connectivity index (χ2v) is 9.70.